The predicted octanol–water partition coefficient (Wildman–Crippen LogP) is 8.60. The highest BCUT2D eigenvalue weighted by Crippen LogP contribution is 2.32. The standard InChI is InChI=1S/C16H24O.C15H20N2O2.C2H6/c1-5-8-9-12-15(4)17-14-11-10-13-16(6-2)7-3;1-16-9-7-13(8-10-16)17-14(11-19-15(17)18)12-5-3-2-4-6-12;1-2/h6,8-14H,5,7H2,1-4H3;2-6,13-14H,7-11H2,1H3;1-2H3/b9-8-,13-10-,14-11+,15-12+,16-6-;;. The van der Waals surface area contributed by atoms with Gasteiger partial charge >= 0.3 is 6.09 Å². The summed E-state index contributed by atoms with van der Waals surface area (Å²) >= 11 is 0. The molecule has 0 aromatic heterocycles. The summed E-state index contributed by atoms with van der Waals surface area (Å²) in [5.41, 5.74) is 2.50. The van der Waals surface area contributed by atoms with Crippen LogP contribution in [0.5, 0.6) is 0 Å². The van der Waals surface area contributed by atoms with Crippen LogP contribution in [0, 0.1) is 0 Å². The second-order valence-electron chi connectivity index (χ2n) is 9.08. The average Bonchev–Trinajstić information content (AvgIpc) is 3.34. The molecule has 0 saturated carbocycles. The van der Waals surface area contributed by atoms with Gasteiger partial charge in [0, 0.05) is 6.04 Å². The lowest BCUT2D eigenvalue weighted by Crippen LogP contribution is -2.45. The number of hydrogen-bond donors (Lipinski definition) is 0. The number of likely N-dealkylation sites (tertiary alicyclic amines) is 1. The van der Waals surface area contributed by atoms with Crippen LogP contribution in [-0.4, -0.2) is 48.7 Å². The van der Waals surface area contributed by atoms with Crippen LogP contribution in [0.15, 0.2) is 90.5 Å². The molecule has 0 N–H and O–H groups in total. The van der Waals surface area contributed by atoms with Crippen molar-refractivity contribution in [1.82, 2.24) is 9.80 Å². The van der Waals surface area contributed by atoms with E-state index < -0.39 is 0 Å². The minimum atomic E-state index is -0.150. The number of carbonyl (C=O) groups excluding carboxylic acids is 1. The third-order valence-corrected chi connectivity index (χ3v) is 6.41. The molecule has 5 heteroatoms. The Kier molecular flexibility index (Phi) is 17.3. The van der Waals surface area contributed by atoms with Gasteiger partial charge in [-0.1, -0.05) is 94.0 Å². The Morgan fingerprint density at radius 1 is 1.08 bits per heavy atom. The lowest BCUT2D eigenvalue weighted by molar-refractivity contribution is 0.115. The van der Waals surface area contributed by atoms with E-state index in [0.717, 1.165) is 44.5 Å². The maximum atomic E-state index is 12.0. The molecule has 2 aliphatic rings. The van der Waals surface area contributed by atoms with Gasteiger partial charge in [-0.2, -0.15) is 0 Å². The number of hydrogen-bond acceptors (Lipinski definition) is 4. The van der Waals surface area contributed by atoms with E-state index >= 15 is 0 Å². The van der Waals surface area contributed by atoms with Crippen LogP contribution in [0.25, 0.3) is 0 Å². The highest BCUT2D eigenvalue weighted by atomic mass is 16.6. The van der Waals surface area contributed by atoms with Crippen LogP contribution in [0.1, 0.15) is 78.8 Å². The number of nitrogens with zero attached hydrogens (tertiary/aromatic N) is 2. The van der Waals surface area contributed by atoms with E-state index in [4.69, 9.17) is 9.47 Å². The van der Waals surface area contributed by atoms with Crippen LogP contribution >= 0.6 is 0 Å². The van der Waals surface area contributed by atoms with Gasteiger partial charge in [0.2, 0.25) is 0 Å². The summed E-state index contributed by atoms with van der Waals surface area (Å²) in [7, 11) is 2.13. The summed E-state index contributed by atoms with van der Waals surface area (Å²) in [6, 6.07) is 10.6. The van der Waals surface area contributed by atoms with Crippen molar-refractivity contribution in [3.05, 3.63) is 96.0 Å². The second kappa shape index (κ2) is 20.0. The molecular weight excluding hydrogens is 472 g/mol. The lowest BCUT2D eigenvalue weighted by atomic mass is 9.99. The highest BCUT2D eigenvalue weighted by Gasteiger charge is 2.39. The molecular formula is C33H50N2O3. The average molecular weight is 523 g/mol. The number of ether oxygens (including phenoxy) is 2. The molecule has 0 bridgehead atoms. The van der Waals surface area contributed by atoms with E-state index in [2.05, 4.69) is 63.1 Å². The van der Waals surface area contributed by atoms with Gasteiger partial charge in [-0.3, -0.25) is 4.90 Å². The van der Waals surface area contributed by atoms with Crippen LogP contribution in [0.3, 0.4) is 0 Å². The summed E-state index contributed by atoms with van der Waals surface area (Å²) in [4.78, 5) is 16.3. The molecule has 1 atom stereocenters. The van der Waals surface area contributed by atoms with Crippen molar-refractivity contribution in [1.29, 1.82) is 0 Å². The molecule has 2 saturated heterocycles. The quantitative estimate of drug-likeness (QED) is 0.240. The molecule has 1 aromatic rings. The van der Waals surface area contributed by atoms with E-state index in [1.807, 2.05) is 68.2 Å². The van der Waals surface area contributed by atoms with Crippen molar-refractivity contribution in [3.8, 4) is 0 Å². The zero-order valence-electron chi connectivity index (χ0n) is 24.7. The first-order valence-electron chi connectivity index (χ1n) is 14.2. The van der Waals surface area contributed by atoms with Crippen molar-refractivity contribution >= 4 is 6.09 Å². The zero-order chi connectivity index (χ0) is 28.2. The number of allylic oxidation sites excluding steroid dienone is 9. The van der Waals surface area contributed by atoms with Crippen LogP contribution < -0.4 is 0 Å². The molecule has 2 aliphatic heterocycles. The zero-order valence-corrected chi connectivity index (χ0v) is 24.7. The van der Waals surface area contributed by atoms with Crippen molar-refractivity contribution in [3.63, 3.8) is 0 Å². The van der Waals surface area contributed by atoms with Gasteiger partial charge in [0.1, 0.15) is 12.4 Å². The van der Waals surface area contributed by atoms with E-state index in [1.165, 1.54) is 11.1 Å². The third kappa shape index (κ3) is 12.0. The highest BCUT2D eigenvalue weighted by molar-refractivity contribution is 5.71. The third-order valence-electron chi connectivity index (χ3n) is 6.41. The lowest BCUT2D eigenvalue weighted by Gasteiger charge is -2.36. The summed E-state index contributed by atoms with van der Waals surface area (Å²) in [5.74, 6) is 0.890. The molecule has 0 spiro atoms. The summed E-state index contributed by atoms with van der Waals surface area (Å²) in [6.07, 6.45) is 19.9. The first-order valence-corrected chi connectivity index (χ1v) is 14.2. The van der Waals surface area contributed by atoms with Crippen molar-refractivity contribution < 1.29 is 14.3 Å². The molecule has 0 radical (unpaired) electrons. The Balaban J connectivity index is 0.000000360. The second-order valence-corrected chi connectivity index (χ2v) is 9.08. The van der Waals surface area contributed by atoms with Crippen LogP contribution in [-0.2, 0) is 9.47 Å². The summed E-state index contributed by atoms with van der Waals surface area (Å²) in [6.45, 7) is 14.8. The fourth-order valence-electron chi connectivity index (χ4n) is 4.21. The molecule has 2 fully saturated rings. The molecule has 3 rings (SSSR count). The largest absolute Gasteiger partial charge is 0.470 e. The Bertz CT molecular complexity index is 923. The minimum absolute atomic E-state index is 0.0853. The van der Waals surface area contributed by atoms with E-state index in [9.17, 15) is 4.79 Å². The molecule has 1 aromatic carbocycles. The van der Waals surface area contributed by atoms with Gasteiger partial charge < -0.3 is 14.4 Å². The summed E-state index contributed by atoms with van der Waals surface area (Å²) in [5, 5.41) is 0. The monoisotopic (exact) mass is 522 g/mol. The maximum Gasteiger partial charge on any atom is 0.410 e. The van der Waals surface area contributed by atoms with Crippen molar-refractivity contribution in [2.45, 2.75) is 79.3 Å². The van der Waals surface area contributed by atoms with Gasteiger partial charge in [-0.15, -0.1) is 0 Å². The van der Waals surface area contributed by atoms with Gasteiger partial charge in [0.15, 0.2) is 0 Å². The normalized spacial score (nSPS) is 19.4. The number of benzene rings is 1. The van der Waals surface area contributed by atoms with Gasteiger partial charge in [0.25, 0.3) is 0 Å². The SMILES string of the molecule is CC.CN1CCC(N2C(=O)OCC2c2ccccc2)CC1.C\C=C(/C=C\C=C\O/C(C)=C/C=C\CC)CC. The number of amides is 1. The number of piperidine rings is 1. The Labute approximate surface area is 232 Å². The molecule has 210 valence electrons. The molecule has 38 heavy (non-hydrogen) atoms. The molecule has 2 heterocycles. The van der Waals surface area contributed by atoms with Crippen LogP contribution in [0.4, 0.5) is 4.79 Å². The van der Waals surface area contributed by atoms with Gasteiger partial charge in [0.05, 0.1) is 12.3 Å². The molecule has 1 amide bonds. The smallest absolute Gasteiger partial charge is 0.410 e. The predicted molar refractivity (Wildman–Crippen MR) is 161 cm³/mol. The fourth-order valence-corrected chi connectivity index (χ4v) is 4.21. The van der Waals surface area contributed by atoms with E-state index in [-0.39, 0.29) is 12.1 Å². The first-order chi connectivity index (χ1) is 18.5. The Morgan fingerprint density at radius 3 is 2.37 bits per heavy atom. The number of rotatable bonds is 9. The van der Waals surface area contributed by atoms with Crippen molar-refractivity contribution in [2.75, 3.05) is 26.7 Å². The van der Waals surface area contributed by atoms with Gasteiger partial charge in [-0.25, -0.2) is 4.79 Å². The fraction of sp³-hybridized carbons (Fsp3) is 0.485. The summed E-state index contributed by atoms with van der Waals surface area (Å²) < 4.78 is 10.7. The van der Waals surface area contributed by atoms with E-state index in [1.54, 1.807) is 6.26 Å². The minimum Gasteiger partial charge on any atom is -0.470 e. The topological polar surface area (TPSA) is 42.0 Å². The Hall–Kier alpha value is -3.05. The molecule has 1 unspecified atom stereocenters. The van der Waals surface area contributed by atoms with Gasteiger partial charge in [-0.05, 0) is 77.4 Å². The van der Waals surface area contributed by atoms with Crippen molar-refractivity contribution in [2.24, 2.45) is 0 Å². The molecule has 5 nitrogen and oxygen atoms in total. The molecule has 0 aliphatic carbocycles. The first kappa shape index (κ1) is 33.0. The number of carbonyl (C=O) groups is 1. The number of cyclic esters (lactones) is 1. The van der Waals surface area contributed by atoms with E-state index in [0.29, 0.717) is 12.6 Å². The Morgan fingerprint density at radius 2 is 1.76 bits per heavy atom. The maximum absolute atomic E-state index is 12.0. The van der Waals surface area contributed by atoms with Crippen LogP contribution in [0.2, 0.25) is 0 Å².